The van der Waals surface area contributed by atoms with Crippen molar-refractivity contribution in [2.75, 3.05) is 23.4 Å². The zero-order chi connectivity index (χ0) is 22.0. The van der Waals surface area contributed by atoms with Crippen molar-refractivity contribution < 1.29 is 23.4 Å². The number of rotatable bonds is 6. The third-order valence-electron chi connectivity index (χ3n) is 4.65. The largest absolute Gasteiger partial charge is 0.487 e. The van der Waals surface area contributed by atoms with Crippen LogP contribution in [0.1, 0.15) is 16.8 Å². The number of hydrogen-bond donors (Lipinski definition) is 2. The monoisotopic (exact) mass is 449 g/mol. The first-order valence-corrected chi connectivity index (χ1v) is 9.77. The Morgan fingerprint density at radius 3 is 2.68 bits per heavy atom. The normalized spacial score (nSPS) is 16.4. The summed E-state index contributed by atoms with van der Waals surface area (Å²) in [5, 5.41) is 19.0. The van der Waals surface area contributed by atoms with Gasteiger partial charge in [0, 0.05) is 42.2 Å². The number of anilines is 1. The maximum absolute atomic E-state index is 12.8. The van der Waals surface area contributed by atoms with Crippen molar-refractivity contribution in [3.8, 4) is 17.0 Å². The summed E-state index contributed by atoms with van der Waals surface area (Å²) < 4.78 is 29.9. The van der Waals surface area contributed by atoms with Gasteiger partial charge in [-0.2, -0.15) is 9.89 Å². The number of carbonyl (C=O) groups excluding carboxylic acids is 1. The molecule has 1 aliphatic heterocycles. The molecule has 2 aromatic heterocycles. The molecule has 4 rings (SSSR count). The molecule has 1 amide bonds. The average molecular weight is 450 g/mol. The molecule has 3 heterocycles. The van der Waals surface area contributed by atoms with Gasteiger partial charge >= 0.3 is 5.57 Å². The third kappa shape index (κ3) is 5.09. The fourth-order valence-electron chi connectivity index (χ4n) is 3.22. The summed E-state index contributed by atoms with van der Waals surface area (Å²) >= 11 is 4.79. The van der Waals surface area contributed by atoms with E-state index in [0.717, 1.165) is 0 Å². The number of amides is 1. The second-order valence-corrected chi connectivity index (χ2v) is 7.37. The van der Waals surface area contributed by atoms with Gasteiger partial charge in [-0.3, -0.25) is 14.8 Å². The minimum atomic E-state index is -3.80. The molecule has 1 fully saturated rings. The van der Waals surface area contributed by atoms with Crippen molar-refractivity contribution in [3.05, 3.63) is 60.4 Å². The van der Waals surface area contributed by atoms with Crippen LogP contribution >= 0.6 is 11.6 Å². The van der Waals surface area contributed by atoms with E-state index in [1.165, 1.54) is 23.1 Å². The van der Waals surface area contributed by atoms with Crippen LogP contribution in [0.5, 0.6) is 5.75 Å². The first-order valence-electron chi connectivity index (χ1n) is 9.39. The smallest absolute Gasteiger partial charge is 0.420 e. The van der Waals surface area contributed by atoms with Crippen LogP contribution < -0.4 is 15.1 Å². The number of aliphatic hydroxyl groups excluding tert-OH is 1. The third-order valence-corrected chi connectivity index (χ3v) is 4.73. The van der Waals surface area contributed by atoms with Gasteiger partial charge in [0.05, 0.1) is 23.9 Å². The summed E-state index contributed by atoms with van der Waals surface area (Å²) in [6.45, 7) is 0.907. The van der Waals surface area contributed by atoms with Crippen molar-refractivity contribution in [1.29, 1.82) is 0 Å². The van der Waals surface area contributed by atoms with Crippen molar-refractivity contribution in [2.45, 2.75) is 18.1 Å². The molecule has 0 radical (unpaired) electrons. The molecule has 1 aliphatic rings. The van der Waals surface area contributed by atoms with Crippen molar-refractivity contribution >= 4 is 23.3 Å². The van der Waals surface area contributed by atoms with E-state index in [2.05, 4.69) is 20.1 Å². The molecule has 8 nitrogen and oxygen atoms in total. The summed E-state index contributed by atoms with van der Waals surface area (Å²) in [5.74, 6) is -0.0739. The lowest BCUT2D eigenvalue weighted by Crippen LogP contribution is -2.35. The number of alkyl halides is 3. The molecule has 0 unspecified atom stereocenters. The van der Waals surface area contributed by atoms with Gasteiger partial charge in [0.2, 0.25) is 0 Å². The topological polar surface area (TPSA) is 92.5 Å². The van der Waals surface area contributed by atoms with E-state index in [0.29, 0.717) is 42.1 Å². The van der Waals surface area contributed by atoms with Gasteiger partial charge in [-0.1, -0.05) is 0 Å². The number of nitrogens with one attached hydrogen (secondary N) is 1. The Morgan fingerprint density at radius 1 is 1.29 bits per heavy atom. The number of hydrogen-bond acceptors (Lipinski definition) is 6. The number of β-amino-alcohol motifs (C(OH)–C–C–N with tert-alkyl or cyclic N) is 1. The molecule has 1 aromatic carbocycles. The highest BCUT2D eigenvalue weighted by atomic mass is 35.5. The van der Waals surface area contributed by atoms with Gasteiger partial charge in [-0.25, -0.2) is 0 Å². The maximum Gasteiger partial charge on any atom is 0.487 e. The van der Waals surface area contributed by atoms with Gasteiger partial charge < -0.3 is 15.2 Å². The quantitative estimate of drug-likeness (QED) is 0.562. The molecule has 0 aliphatic carbocycles. The van der Waals surface area contributed by atoms with Crippen molar-refractivity contribution in [1.82, 2.24) is 14.9 Å². The van der Waals surface area contributed by atoms with Crippen LogP contribution in [0.15, 0.2) is 54.9 Å². The maximum atomic E-state index is 12.8. The summed E-state index contributed by atoms with van der Waals surface area (Å²) in [5.41, 5.74) is -2.32. The highest BCUT2D eigenvalue weighted by molar-refractivity contribution is 6.20. The van der Waals surface area contributed by atoms with Crippen LogP contribution in [0.3, 0.4) is 0 Å². The molecular formula is C20H18ClF2N5O3. The molecule has 0 bridgehead atoms. The standard InChI is InChI=1S/C20H18ClF2N5O3/c21-20(22,23)31-16-5-3-13(4-6-16)17-10-18(25-19(30)14-2-1-8-24-11-14)28(26-17)27-9-7-15(29)12-27/h1-6,8,10-11,15,29H,7,9,12H2,(H,25,30)/t15-/m1/s1. The molecular weight excluding hydrogens is 432 g/mol. The zero-order valence-corrected chi connectivity index (χ0v) is 16.8. The van der Waals surface area contributed by atoms with E-state index in [1.54, 1.807) is 41.5 Å². The highest BCUT2D eigenvalue weighted by Gasteiger charge is 2.28. The number of benzene rings is 1. The fourth-order valence-corrected chi connectivity index (χ4v) is 3.31. The molecule has 1 atom stereocenters. The van der Waals surface area contributed by atoms with Crippen molar-refractivity contribution in [3.63, 3.8) is 0 Å². The second kappa shape index (κ2) is 8.48. The Morgan fingerprint density at radius 2 is 2.06 bits per heavy atom. The van der Waals surface area contributed by atoms with Gasteiger partial charge in [0.1, 0.15) is 5.75 Å². The van der Waals surface area contributed by atoms with Gasteiger partial charge in [0.25, 0.3) is 5.91 Å². The van der Waals surface area contributed by atoms with Crippen LogP contribution in [-0.2, 0) is 0 Å². The molecule has 3 aromatic rings. The number of carbonyl (C=O) groups is 1. The Bertz CT molecular complexity index is 1060. The predicted molar refractivity (Wildman–Crippen MR) is 110 cm³/mol. The van der Waals surface area contributed by atoms with E-state index >= 15 is 0 Å². The first kappa shape index (κ1) is 21.0. The lowest BCUT2D eigenvalue weighted by molar-refractivity contribution is -0.0964. The Hall–Kier alpha value is -3.24. The van der Waals surface area contributed by atoms with Gasteiger partial charge in [-0.05, 0) is 42.8 Å². The Kier molecular flexibility index (Phi) is 5.75. The van der Waals surface area contributed by atoms with Crippen LogP contribution in [0.2, 0.25) is 0 Å². The predicted octanol–water partition coefficient (Wildman–Crippen LogP) is 3.07. The highest BCUT2D eigenvalue weighted by Crippen LogP contribution is 2.29. The van der Waals surface area contributed by atoms with E-state index < -0.39 is 11.7 Å². The minimum absolute atomic E-state index is 0.101. The number of aromatic nitrogens is 3. The summed E-state index contributed by atoms with van der Waals surface area (Å²) in [4.78, 5) is 18.1. The molecule has 0 saturated carbocycles. The lowest BCUT2D eigenvalue weighted by atomic mass is 10.1. The Labute approximate surface area is 181 Å². The van der Waals surface area contributed by atoms with Crippen LogP contribution in [0.4, 0.5) is 14.6 Å². The summed E-state index contributed by atoms with van der Waals surface area (Å²) in [6.07, 6.45) is 3.09. The number of ether oxygens (including phenoxy) is 1. The van der Waals surface area contributed by atoms with E-state index in [9.17, 15) is 18.7 Å². The summed E-state index contributed by atoms with van der Waals surface area (Å²) in [6, 6.07) is 10.7. The van der Waals surface area contributed by atoms with Crippen LogP contribution in [0, 0.1) is 0 Å². The fraction of sp³-hybridized carbons (Fsp3) is 0.250. The summed E-state index contributed by atoms with van der Waals surface area (Å²) in [7, 11) is 0. The molecule has 162 valence electrons. The number of pyridine rings is 1. The first-order chi connectivity index (χ1) is 14.8. The molecule has 11 heteroatoms. The van der Waals surface area contributed by atoms with Crippen LogP contribution in [-0.4, -0.2) is 50.6 Å². The molecule has 0 spiro atoms. The van der Waals surface area contributed by atoms with Crippen LogP contribution in [0.25, 0.3) is 11.3 Å². The van der Waals surface area contributed by atoms with E-state index in [-0.39, 0.29) is 11.7 Å². The second-order valence-electron chi connectivity index (χ2n) is 6.93. The van der Waals surface area contributed by atoms with Crippen molar-refractivity contribution in [2.24, 2.45) is 0 Å². The number of halogens is 3. The zero-order valence-electron chi connectivity index (χ0n) is 16.1. The number of nitrogens with zero attached hydrogens (tertiary/aromatic N) is 4. The van der Waals surface area contributed by atoms with E-state index in [4.69, 9.17) is 11.6 Å². The number of aliphatic hydroxyl groups is 1. The Balaban J connectivity index is 1.62. The average Bonchev–Trinajstić information content (AvgIpc) is 3.34. The molecule has 2 N–H and O–H groups in total. The minimum Gasteiger partial charge on any atom is -0.420 e. The van der Waals surface area contributed by atoms with E-state index in [1.807, 2.05) is 0 Å². The lowest BCUT2D eigenvalue weighted by Gasteiger charge is -2.20. The van der Waals surface area contributed by atoms with Gasteiger partial charge in [-0.15, -0.1) is 8.78 Å². The molecule has 31 heavy (non-hydrogen) atoms. The SMILES string of the molecule is O=C(Nc1cc(-c2ccc(OC(F)(F)Cl)cc2)nn1N1CC[C@@H](O)C1)c1cccnc1. The van der Waals surface area contributed by atoms with Gasteiger partial charge in [0.15, 0.2) is 5.82 Å². The molecule has 1 saturated heterocycles.